The fourth-order valence-electron chi connectivity index (χ4n) is 3.87. The molecule has 0 bridgehead atoms. The summed E-state index contributed by atoms with van der Waals surface area (Å²) >= 11 is 1.87. The zero-order valence-corrected chi connectivity index (χ0v) is 16.7. The number of amides is 2. The highest BCUT2D eigenvalue weighted by molar-refractivity contribution is 7.14. The second-order valence-electron chi connectivity index (χ2n) is 7.27. The van der Waals surface area contributed by atoms with E-state index in [2.05, 4.69) is 33.7 Å². The van der Waals surface area contributed by atoms with Crippen LogP contribution >= 0.6 is 11.3 Å². The van der Waals surface area contributed by atoms with Crippen molar-refractivity contribution in [3.8, 4) is 5.00 Å². The van der Waals surface area contributed by atoms with E-state index in [-0.39, 0.29) is 6.03 Å². The van der Waals surface area contributed by atoms with Gasteiger partial charge in [0.2, 0.25) is 0 Å². The van der Waals surface area contributed by atoms with E-state index in [0.717, 1.165) is 29.7 Å². The van der Waals surface area contributed by atoms with Gasteiger partial charge in [-0.2, -0.15) is 0 Å². The van der Waals surface area contributed by atoms with Crippen LogP contribution in [0.3, 0.4) is 0 Å². The molecule has 0 radical (unpaired) electrons. The van der Waals surface area contributed by atoms with Gasteiger partial charge in [-0.1, -0.05) is 6.07 Å². The van der Waals surface area contributed by atoms with Crippen molar-refractivity contribution in [1.82, 2.24) is 9.88 Å². The maximum Gasteiger partial charge on any atom is 0.319 e. The van der Waals surface area contributed by atoms with Crippen LogP contribution in [0.5, 0.6) is 0 Å². The molecule has 4 nitrogen and oxygen atoms in total. The Morgan fingerprint density at radius 3 is 2.52 bits per heavy atom. The molecule has 27 heavy (non-hydrogen) atoms. The second-order valence-corrected chi connectivity index (χ2v) is 8.35. The fraction of sp³-hybridized carbons (Fsp3) is 0.318. The van der Waals surface area contributed by atoms with Gasteiger partial charge in [0.1, 0.15) is 5.00 Å². The number of nitrogens with zero attached hydrogens (tertiary/aromatic N) is 1. The van der Waals surface area contributed by atoms with Gasteiger partial charge in [-0.15, -0.1) is 11.3 Å². The molecule has 0 saturated carbocycles. The summed E-state index contributed by atoms with van der Waals surface area (Å²) in [6.45, 7) is 4.63. The standard InChI is InChI=1S/C22H25N3OS/c1-15-11-16(2)13-17(12-15)24-22(26)23-14-19-18-7-3-4-8-20(18)27-21(19)25-9-5-6-10-25/h5-6,9-13H,3-4,7-8,14H2,1-2H3,(H2,23,24,26). The minimum absolute atomic E-state index is 0.158. The molecule has 2 N–H and O–H groups in total. The van der Waals surface area contributed by atoms with Crippen LogP contribution in [-0.4, -0.2) is 10.6 Å². The quantitative estimate of drug-likeness (QED) is 0.630. The van der Waals surface area contributed by atoms with Crippen molar-refractivity contribution in [1.29, 1.82) is 0 Å². The Labute approximate surface area is 164 Å². The molecule has 2 aromatic heterocycles. The van der Waals surface area contributed by atoms with Gasteiger partial charge in [-0.25, -0.2) is 4.79 Å². The van der Waals surface area contributed by atoms with Crippen LogP contribution < -0.4 is 10.6 Å². The van der Waals surface area contributed by atoms with Crippen LogP contribution in [0.25, 0.3) is 5.00 Å². The number of aryl methyl sites for hydroxylation is 3. The molecule has 1 aliphatic rings. The average molecular weight is 380 g/mol. The number of thiophene rings is 1. The van der Waals surface area contributed by atoms with E-state index in [1.165, 1.54) is 33.8 Å². The van der Waals surface area contributed by atoms with E-state index in [9.17, 15) is 4.79 Å². The summed E-state index contributed by atoms with van der Waals surface area (Å²) in [6.07, 6.45) is 8.92. The van der Waals surface area contributed by atoms with E-state index < -0.39 is 0 Å². The molecule has 0 saturated heterocycles. The first-order valence-corrected chi connectivity index (χ1v) is 10.3. The predicted molar refractivity (Wildman–Crippen MR) is 112 cm³/mol. The van der Waals surface area contributed by atoms with Crippen LogP contribution in [0, 0.1) is 13.8 Å². The molecule has 3 aromatic rings. The van der Waals surface area contributed by atoms with Crippen molar-refractivity contribution in [2.75, 3.05) is 5.32 Å². The second kappa shape index (κ2) is 7.61. The van der Waals surface area contributed by atoms with Crippen molar-refractivity contribution >= 4 is 23.1 Å². The van der Waals surface area contributed by atoms with Gasteiger partial charge in [0.05, 0.1) is 0 Å². The minimum Gasteiger partial charge on any atom is -0.334 e. The highest BCUT2D eigenvalue weighted by atomic mass is 32.1. The topological polar surface area (TPSA) is 46.1 Å². The third-order valence-electron chi connectivity index (χ3n) is 5.00. The van der Waals surface area contributed by atoms with Gasteiger partial charge in [0.25, 0.3) is 0 Å². The molecule has 0 atom stereocenters. The first-order chi connectivity index (χ1) is 13.1. The molecule has 0 aliphatic heterocycles. The Balaban J connectivity index is 1.52. The number of carbonyl (C=O) groups excluding carboxylic acids is 1. The molecule has 140 valence electrons. The van der Waals surface area contributed by atoms with E-state index in [0.29, 0.717) is 6.54 Å². The van der Waals surface area contributed by atoms with Crippen molar-refractivity contribution < 1.29 is 4.79 Å². The first-order valence-electron chi connectivity index (χ1n) is 9.50. The van der Waals surface area contributed by atoms with E-state index in [4.69, 9.17) is 0 Å². The van der Waals surface area contributed by atoms with Crippen molar-refractivity contribution in [3.63, 3.8) is 0 Å². The van der Waals surface area contributed by atoms with Crippen LogP contribution in [0.4, 0.5) is 10.5 Å². The van der Waals surface area contributed by atoms with Crippen molar-refractivity contribution in [2.45, 2.75) is 46.1 Å². The molecular formula is C22H25N3OS. The Bertz CT molecular complexity index is 936. The number of anilines is 1. The lowest BCUT2D eigenvalue weighted by molar-refractivity contribution is 0.251. The molecule has 2 amide bonds. The van der Waals surface area contributed by atoms with E-state index in [1.807, 2.05) is 49.4 Å². The lowest BCUT2D eigenvalue weighted by Crippen LogP contribution is -2.29. The largest absolute Gasteiger partial charge is 0.334 e. The number of aromatic nitrogens is 1. The summed E-state index contributed by atoms with van der Waals surface area (Å²) in [5.74, 6) is 0. The van der Waals surface area contributed by atoms with Crippen molar-refractivity contribution in [2.24, 2.45) is 0 Å². The van der Waals surface area contributed by atoms with E-state index in [1.54, 1.807) is 0 Å². The van der Waals surface area contributed by atoms with Gasteiger partial charge in [-0.05, 0) is 80.5 Å². The van der Waals surface area contributed by atoms with Gasteiger partial charge in [0, 0.05) is 35.1 Å². The van der Waals surface area contributed by atoms with Crippen LogP contribution in [-0.2, 0) is 19.4 Å². The lowest BCUT2D eigenvalue weighted by atomic mass is 9.95. The van der Waals surface area contributed by atoms with Gasteiger partial charge in [0.15, 0.2) is 0 Å². The monoisotopic (exact) mass is 379 g/mol. The number of hydrogen-bond donors (Lipinski definition) is 2. The highest BCUT2D eigenvalue weighted by Gasteiger charge is 2.21. The minimum atomic E-state index is -0.158. The van der Waals surface area contributed by atoms with Crippen LogP contribution in [0.15, 0.2) is 42.7 Å². The third-order valence-corrected chi connectivity index (χ3v) is 6.35. The first kappa shape index (κ1) is 17.9. The molecule has 4 rings (SSSR count). The number of nitrogens with one attached hydrogen (secondary N) is 2. The maximum absolute atomic E-state index is 12.5. The summed E-state index contributed by atoms with van der Waals surface area (Å²) in [6, 6.07) is 10.0. The molecule has 1 aromatic carbocycles. The maximum atomic E-state index is 12.5. The molecule has 0 fully saturated rings. The molecule has 0 spiro atoms. The Morgan fingerprint density at radius 2 is 1.78 bits per heavy atom. The third kappa shape index (κ3) is 3.93. The zero-order valence-electron chi connectivity index (χ0n) is 15.8. The number of fused-ring (bicyclic) bond motifs is 1. The molecule has 1 aliphatic carbocycles. The molecule has 2 heterocycles. The normalized spacial score (nSPS) is 13.3. The Kier molecular flexibility index (Phi) is 5.03. The average Bonchev–Trinajstić information content (AvgIpc) is 3.26. The van der Waals surface area contributed by atoms with Crippen molar-refractivity contribution in [3.05, 3.63) is 69.9 Å². The molecular weight excluding hydrogens is 354 g/mol. The van der Waals surface area contributed by atoms with Crippen LogP contribution in [0.2, 0.25) is 0 Å². The zero-order chi connectivity index (χ0) is 18.8. The number of benzene rings is 1. The summed E-state index contributed by atoms with van der Waals surface area (Å²) in [5, 5.41) is 7.27. The molecule has 5 heteroatoms. The number of hydrogen-bond acceptors (Lipinski definition) is 2. The van der Waals surface area contributed by atoms with E-state index >= 15 is 0 Å². The van der Waals surface area contributed by atoms with Gasteiger partial charge in [-0.3, -0.25) is 0 Å². The summed E-state index contributed by atoms with van der Waals surface area (Å²) in [4.78, 5) is 14.0. The summed E-state index contributed by atoms with van der Waals surface area (Å²) < 4.78 is 2.17. The van der Waals surface area contributed by atoms with Crippen LogP contribution in [0.1, 0.15) is 40.0 Å². The fourth-order valence-corrected chi connectivity index (χ4v) is 5.24. The Hall–Kier alpha value is -2.53. The summed E-state index contributed by atoms with van der Waals surface area (Å²) in [7, 11) is 0. The Morgan fingerprint density at radius 1 is 1.07 bits per heavy atom. The predicted octanol–water partition coefficient (Wildman–Crippen LogP) is 5.36. The number of rotatable bonds is 4. The highest BCUT2D eigenvalue weighted by Crippen LogP contribution is 2.36. The molecule has 0 unspecified atom stereocenters. The number of carbonyl (C=O) groups is 1. The SMILES string of the molecule is Cc1cc(C)cc(NC(=O)NCc2c(-n3cccc3)sc3c2CCCC3)c1. The number of urea groups is 1. The van der Waals surface area contributed by atoms with Gasteiger partial charge < -0.3 is 15.2 Å². The van der Waals surface area contributed by atoms with Gasteiger partial charge >= 0.3 is 6.03 Å². The smallest absolute Gasteiger partial charge is 0.319 e. The lowest BCUT2D eigenvalue weighted by Gasteiger charge is -2.14. The summed E-state index contributed by atoms with van der Waals surface area (Å²) in [5.41, 5.74) is 5.84.